The molecule has 0 spiro atoms. The van der Waals surface area contributed by atoms with Gasteiger partial charge in [-0.05, 0) is 24.6 Å². The second kappa shape index (κ2) is 5.14. The van der Waals surface area contributed by atoms with Gasteiger partial charge in [0.05, 0.1) is 11.8 Å². The van der Waals surface area contributed by atoms with Crippen LogP contribution in [0.5, 0.6) is 0 Å². The Morgan fingerprint density at radius 2 is 2.38 bits per heavy atom. The molecule has 0 aromatic carbocycles. The summed E-state index contributed by atoms with van der Waals surface area (Å²) in [5.74, 6) is 0. The molecule has 0 atom stereocenters. The van der Waals surface area contributed by atoms with Gasteiger partial charge in [0, 0.05) is 18.5 Å². The molecule has 2 N–H and O–H groups in total. The van der Waals surface area contributed by atoms with Gasteiger partial charge in [0.15, 0.2) is 5.03 Å². The molecule has 0 amide bonds. The van der Waals surface area contributed by atoms with Crippen molar-refractivity contribution in [2.75, 3.05) is 11.3 Å². The largest absolute Gasteiger partial charge is 0.312 e. The second-order valence-corrected chi connectivity index (χ2v) is 7.38. The molecule has 1 aliphatic rings. The molecule has 0 bridgehead atoms. The quantitative estimate of drug-likeness (QED) is 0.870. The molecule has 110 valence electrons. The molecule has 0 saturated carbocycles. The molecule has 3 heterocycles. The Morgan fingerprint density at radius 3 is 3.05 bits per heavy atom. The van der Waals surface area contributed by atoms with Gasteiger partial charge < -0.3 is 5.32 Å². The zero-order chi connectivity index (χ0) is 15.0. The highest BCUT2D eigenvalue weighted by molar-refractivity contribution is 7.92. The summed E-state index contributed by atoms with van der Waals surface area (Å²) in [6.07, 6.45) is 2.16. The number of rotatable bonds is 3. The number of aryl methyl sites for hydroxylation is 1. The summed E-state index contributed by atoms with van der Waals surface area (Å²) < 4.78 is 28.5. The van der Waals surface area contributed by atoms with Gasteiger partial charge >= 0.3 is 0 Å². The van der Waals surface area contributed by atoms with Crippen LogP contribution >= 0.6 is 11.3 Å². The van der Waals surface area contributed by atoms with E-state index >= 15 is 0 Å². The molecule has 3 rings (SSSR count). The topological polar surface area (TPSA) is 99.8 Å². The average molecular weight is 323 g/mol. The van der Waals surface area contributed by atoms with E-state index in [1.807, 2.05) is 0 Å². The highest BCUT2D eigenvalue weighted by atomic mass is 32.2. The van der Waals surface area contributed by atoms with Gasteiger partial charge in [-0.25, -0.2) is 0 Å². The Morgan fingerprint density at radius 1 is 1.57 bits per heavy atom. The summed E-state index contributed by atoms with van der Waals surface area (Å²) in [6.45, 7) is 1.47. The van der Waals surface area contributed by atoms with Crippen molar-refractivity contribution in [3.05, 3.63) is 28.3 Å². The Bertz CT molecular complexity index is 828. The lowest BCUT2D eigenvalue weighted by molar-refractivity contribution is 0.582. The standard InChI is InChI=1S/C12H13N5O2S2/c1-17-11(3-5-15-17)21(18,19)16-12-9(6-13)8-2-4-14-7-10(8)20-12/h3,5,14,16H,2,4,7H2,1H3. The van der Waals surface area contributed by atoms with Gasteiger partial charge in [-0.1, -0.05) is 0 Å². The number of nitrogens with zero attached hydrogens (tertiary/aromatic N) is 3. The highest BCUT2D eigenvalue weighted by Gasteiger charge is 2.25. The molecule has 1 aliphatic heterocycles. The third kappa shape index (κ3) is 2.42. The molecule has 0 unspecified atom stereocenters. The Kier molecular flexibility index (Phi) is 3.44. The summed E-state index contributed by atoms with van der Waals surface area (Å²) in [4.78, 5) is 1.01. The van der Waals surface area contributed by atoms with Crippen LogP contribution in [0, 0.1) is 11.3 Å². The molecule has 0 radical (unpaired) electrons. The van der Waals surface area contributed by atoms with Crippen molar-refractivity contribution in [1.82, 2.24) is 15.1 Å². The lowest BCUT2D eigenvalue weighted by Crippen LogP contribution is -2.22. The van der Waals surface area contributed by atoms with Crippen LogP contribution in [-0.2, 0) is 30.0 Å². The van der Waals surface area contributed by atoms with Gasteiger partial charge in [-0.15, -0.1) is 11.3 Å². The fourth-order valence-electron chi connectivity index (χ4n) is 2.32. The number of thiophene rings is 1. The molecule has 0 saturated heterocycles. The van der Waals surface area contributed by atoms with Crippen LogP contribution in [0.15, 0.2) is 17.3 Å². The number of aromatic nitrogens is 2. The first-order chi connectivity index (χ1) is 10.0. The van der Waals surface area contributed by atoms with E-state index in [1.54, 1.807) is 7.05 Å². The van der Waals surface area contributed by atoms with Crippen molar-refractivity contribution in [3.8, 4) is 6.07 Å². The number of anilines is 1. The van der Waals surface area contributed by atoms with E-state index in [0.29, 0.717) is 17.1 Å². The van der Waals surface area contributed by atoms with Crippen molar-refractivity contribution < 1.29 is 8.42 Å². The number of fused-ring (bicyclic) bond motifs is 1. The minimum atomic E-state index is -3.74. The van der Waals surface area contributed by atoms with Crippen LogP contribution in [0.1, 0.15) is 16.0 Å². The van der Waals surface area contributed by atoms with E-state index in [2.05, 4.69) is 21.2 Å². The van der Waals surface area contributed by atoms with Crippen molar-refractivity contribution in [3.63, 3.8) is 0 Å². The number of nitriles is 1. The maximum absolute atomic E-state index is 12.4. The van der Waals surface area contributed by atoms with Crippen molar-refractivity contribution in [2.24, 2.45) is 7.05 Å². The molecular formula is C12H13N5O2S2. The summed E-state index contributed by atoms with van der Waals surface area (Å²) >= 11 is 1.31. The lowest BCUT2D eigenvalue weighted by Gasteiger charge is -2.11. The first kappa shape index (κ1) is 14.1. The maximum Gasteiger partial charge on any atom is 0.279 e. The third-order valence-electron chi connectivity index (χ3n) is 3.32. The smallest absolute Gasteiger partial charge is 0.279 e. The first-order valence-electron chi connectivity index (χ1n) is 6.29. The average Bonchev–Trinajstić information content (AvgIpc) is 3.01. The minimum absolute atomic E-state index is 0.0656. The molecule has 7 nitrogen and oxygen atoms in total. The highest BCUT2D eigenvalue weighted by Crippen LogP contribution is 2.35. The fraction of sp³-hybridized carbons (Fsp3) is 0.333. The Hall–Kier alpha value is -1.89. The maximum atomic E-state index is 12.4. The van der Waals surface area contributed by atoms with Crippen LogP contribution in [0.4, 0.5) is 5.00 Å². The van der Waals surface area contributed by atoms with E-state index < -0.39 is 10.0 Å². The predicted molar refractivity (Wildman–Crippen MR) is 78.5 cm³/mol. The normalized spacial score (nSPS) is 14.5. The van der Waals surface area contributed by atoms with Gasteiger partial charge in [0.25, 0.3) is 10.0 Å². The summed E-state index contributed by atoms with van der Waals surface area (Å²) in [7, 11) is -2.18. The van der Waals surface area contributed by atoms with Crippen LogP contribution in [-0.4, -0.2) is 24.7 Å². The predicted octanol–water partition coefficient (Wildman–Crippen LogP) is 0.800. The van der Waals surface area contributed by atoms with E-state index in [9.17, 15) is 13.7 Å². The number of sulfonamides is 1. The van der Waals surface area contributed by atoms with E-state index in [0.717, 1.165) is 23.4 Å². The van der Waals surface area contributed by atoms with Gasteiger partial charge in [0.1, 0.15) is 11.1 Å². The van der Waals surface area contributed by atoms with Crippen LogP contribution in [0.2, 0.25) is 0 Å². The lowest BCUT2D eigenvalue weighted by atomic mass is 10.1. The SMILES string of the molecule is Cn1nccc1S(=O)(=O)Nc1sc2c(c1C#N)CCNC2. The van der Waals surface area contributed by atoms with Crippen molar-refractivity contribution in [1.29, 1.82) is 5.26 Å². The van der Waals surface area contributed by atoms with Gasteiger partial charge in [-0.2, -0.15) is 18.8 Å². The van der Waals surface area contributed by atoms with Gasteiger partial charge in [0.2, 0.25) is 0 Å². The molecule has 9 heteroatoms. The van der Waals surface area contributed by atoms with Crippen molar-refractivity contribution in [2.45, 2.75) is 18.0 Å². The van der Waals surface area contributed by atoms with Crippen molar-refractivity contribution >= 4 is 26.4 Å². The van der Waals surface area contributed by atoms with E-state index in [1.165, 1.54) is 28.3 Å². The first-order valence-corrected chi connectivity index (χ1v) is 8.59. The number of nitrogens with one attached hydrogen (secondary N) is 2. The third-order valence-corrected chi connectivity index (χ3v) is 6.02. The van der Waals surface area contributed by atoms with E-state index in [-0.39, 0.29) is 5.03 Å². The number of hydrogen-bond acceptors (Lipinski definition) is 6. The minimum Gasteiger partial charge on any atom is -0.312 e. The van der Waals surface area contributed by atoms with E-state index in [4.69, 9.17) is 0 Å². The molecule has 2 aromatic rings. The Labute approximate surface area is 126 Å². The second-order valence-electron chi connectivity index (χ2n) is 4.65. The Balaban J connectivity index is 2.01. The van der Waals surface area contributed by atoms with Gasteiger partial charge in [-0.3, -0.25) is 9.40 Å². The summed E-state index contributed by atoms with van der Waals surface area (Å²) in [5, 5.41) is 16.8. The fourth-order valence-corrected chi connectivity index (χ4v) is 4.92. The molecular weight excluding hydrogens is 310 g/mol. The van der Waals surface area contributed by atoms with Crippen LogP contribution in [0.25, 0.3) is 0 Å². The summed E-state index contributed by atoms with van der Waals surface area (Å²) in [6, 6.07) is 3.54. The summed E-state index contributed by atoms with van der Waals surface area (Å²) in [5.41, 5.74) is 1.38. The zero-order valence-corrected chi connectivity index (χ0v) is 12.9. The zero-order valence-electron chi connectivity index (χ0n) is 11.3. The molecule has 0 fully saturated rings. The van der Waals surface area contributed by atoms with Crippen LogP contribution < -0.4 is 10.0 Å². The molecule has 2 aromatic heterocycles. The van der Waals surface area contributed by atoms with Crippen LogP contribution in [0.3, 0.4) is 0 Å². The monoisotopic (exact) mass is 323 g/mol. The molecule has 21 heavy (non-hydrogen) atoms. The molecule has 0 aliphatic carbocycles. The number of hydrogen-bond donors (Lipinski definition) is 2.